The predicted octanol–water partition coefficient (Wildman–Crippen LogP) is 6.46. The Morgan fingerprint density at radius 1 is 0.750 bits per heavy atom. The summed E-state index contributed by atoms with van der Waals surface area (Å²) in [5.41, 5.74) is 2.23. The Bertz CT molecular complexity index is 608. The minimum atomic E-state index is -0.0736. The third-order valence-corrected chi connectivity index (χ3v) is 3.65. The fourth-order valence-electron chi connectivity index (χ4n) is 2.02. The molecule has 0 fully saturated rings. The van der Waals surface area contributed by atoms with Gasteiger partial charge in [0.15, 0.2) is 0 Å². The standard InChI is InChI=1S/C11H16O.C10H15NO.C6H14O2/c1-11(2,3)12-9-10-7-5-4-6-8-10;1-10(2,3)12-8-9-5-4-6-11-7-9;1-6(2)8-5-4-7-3/h4-8H,9H2,1-3H3;4-7H,8H2,1-3H3;6H,4-5H2,1-3H3. The molecule has 0 unspecified atom stereocenters. The van der Waals surface area contributed by atoms with Gasteiger partial charge in [-0.2, -0.15) is 0 Å². The Balaban J connectivity index is 0.000000462. The molecule has 0 aliphatic heterocycles. The first-order valence-corrected chi connectivity index (χ1v) is 11.2. The van der Waals surface area contributed by atoms with E-state index in [9.17, 15) is 0 Å². The van der Waals surface area contributed by atoms with Crippen LogP contribution in [0, 0.1) is 0 Å². The highest BCUT2D eigenvalue weighted by Gasteiger charge is 2.10. The maximum Gasteiger partial charge on any atom is 0.0738 e. The van der Waals surface area contributed by atoms with Crippen molar-refractivity contribution in [2.45, 2.75) is 85.9 Å². The molecule has 0 saturated heterocycles. The van der Waals surface area contributed by atoms with Crippen molar-refractivity contribution in [1.29, 1.82) is 0 Å². The molecule has 0 aliphatic carbocycles. The molecular formula is C27H45NO4. The average molecular weight is 448 g/mol. The zero-order chi connectivity index (χ0) is 24.5. The van der Waals surface area contributed by atoms with Gasteiger partial charge in [0.25, 0.3) is 0 Å². The number of nitrogens with zero attached hydrogens (tertiary/aromatic N) is 1. The van der Waals surface area contributed by atoms with Gasteiger partial charge in [-0.25, -0.2) is 0 Å². The van der Waals surface area contributed by atoms with Crippen molar-refractivity contribution in [3.63, 3.8) is 0 Å². The van der Waals surface area contributed by atoms with Gasteiger partial charge in [-0.05, 0) is 72.6 Å². The molecule has 32 heavy (non-hydrogen) atoms. The molecule has 0 saturated carbocycles. The second-order valence-corrected chi connectivity index (χ2v) is 9.56. The minimum Gasteiger partial charge on any atom is -0.382 e. The molecule has 0 radical (unpaired) electrons. The monoisotopic (exact) mass is 447 g/mol. The van der Waals surface area contributed by atoms with Crippen LogP contribution in [0.5, 0.6) is 0 Å². The van der Waals surface area contributed by atoms with Gasteiger partial charge in [0.05, 0.1) is 43.7 Å². The van der Waals surface area contributed by atoms with Crippen LogP contribution in [0.15, 0.2) is 54.9 Å². The van der Waals surface area contributed by atoms with E-state index in [1.807, 2.05) is 71.1 Å². The lowest BCUT2D eigenvalue weighted by Gasteiger charge is -2.19. The van der Waals surface area contributed by atoms with Crippen LogP contribution >= 0.6 is 0 Å². The van der Waals surface area contributed by atoms with Crippen molar-refractivity contribution >= 4 is 0 Å². The zero-order valence-corrected chi connectivity index (χ0v) is 21.7. The van der Waals surface area contributed by atoms with Gasteiger partial charge in [0, 0.05) is 19.5 Å². The van der Waals surface area contributed by atoms with Crippen LogP contribution in [0.2, 0.25) is 0 Å². The third kappa shape index (κ3) is 21.4. The van der Waals surface area contributed by atoms with E-state index < -0.39 is 0 Å². The number of rotatable bonds is 8. The SMILES string of the molecule is CC(C)(C)OCc1ccccc1.CC(C)(C)OCc1cccnc1.COCCOC(C)C. The average Bonchev–Trinajstić information content (AvgIpc) is 2.72. The Morgan fingerprint density at radius 2 is 1.28 bits per heavy atom. The summed E-state index contributed by atoms with van der Waals surface area (Å²) in [6.07, 6.45) is 3.91. The summed E-state index contributed by atoms with van der Waals surface area (Å²) < 4.78 is 21.1. The summed E-state index contributed by atoms with van der Waals surface area (Å²) in [5.74, 6) is 0. The number of aromatic nitrogens is 1. The smallest absolute Gasteiger partial charge is 0.0738 e. The van der Waals surface area contributed by atoms with Crippen molar-refractivity contribution in [3.05, 3.63) is 66.0 Å². The maximum absolute atomic E-state index is 5.62. The number of benzene rings is 1. The summed E-state index contributed by atoms with van der Waals surface area (Å²) in [4.78, 5) is 4.01. The highest BCUT2D eigenvalue weighted by atomic mass is 16.5. The van der Waals surface area contributed by atoms with Gasteiger partial charge in [0.1, 0.15) is 0 Å². The van der Waals surface area contributed by atoms with Crippen LogP contribution in [0.1, 0.15) is 66.5 Å². The van der Waals surface area contributed by atoms with E-state index in [-0.39, 0.29) is 11.2 Å². The van der Waals surface area contributed by atoms with Gasteiger partial charge in [0.2, 0.25) is 0 Å². The van der Waals surface area contributed by atoms with Crippen LogP contribution in [-0.2, 0) is 32.2 Å². The van der Waals surface area contributed by atoms with Gasteiger partial charge < -0.3 is 18.9 Å². The number of hydrogen-bond donors (Lipinski definition) is 0. The summed E-state index contributed by atoms with van der Waals surface area (Å²) >= 11 is 0. The Kier molecular flexibility index (Phi) is 15.8. The van der Waals surface area contributed by atoms with Crippen molar-refractivity contribution in [2.24, 2.45) is 0 Å². The normalized spacial score (nSPS) is 11.3. The quantitative estimate of drug-likeness (QED) is 0.435. The third-order valence-electron chi connectivity index (χ3n) is 3.65. The molecule has 0 N–H and O–H groups in total. The maximum atomic E-state index is 5.62. The molecular weight excluding hydrogens is 402 g/mol. The number of pyridine rings is 1. The van der Waals surface area contributed by atoms with Gasteiger partial charge in [-0.1, -0.05) is 36.4 Å². The molecule has 5 heteroatoms. The first-order valence-electron chi connectivity index (χ1n) is 11.2. The zero-order valence-electron chi connectivity index (χ0n) is 21.7. The molecule has 0 aliphatic rings. The molecule has 2 aromatic rings. The second-order valence-electron chi connectivity index (χ2n) is 9.56. The Labute approximate surface area is 196 Å². The molecule has 1 aromatic carbocycles. The number of ether oxygens (including phenoxy) is 4. The van der Waals surface area contributed by atoms with Gasteiger partial charge in [-0.3, -0.25) is 4.98 Å². The Morgan fingerprint density at radius 3 is 1.72 bits per heavy atom. The van der Waals surface area contributed by atoms with E-state index in [1.54, 1.807) is 13.3 Å². The lowest BCUT2D eigenvalue weighted by atomic mass is 10.2. The molecule has 0 amide bonds. The number of methoxy groups -OCH3 is 1. The predicted molar refractivity (Wildman–Crippen MR) is 133 cm³/mol. The molecule has 0 spiro atoms. The molecule has 182 valence electrons. The lowest BCUT2D eigenvalue weighted by Crippen LogP contribution is -2.18. The van der Waals surface area contributed by atoms with Crippen LogP contribution in [-0.4, -0.2) is 42.6 Å². The first kappa shape index (κ1) is 30.2. The van der Waals surface area contributed by atoms with E-state index in [2.05, 4.69) is 37.9 Å². The minimum absolute atomic E-state index is 0.0458. The van der Waals surface area contributed by atoms with Crippen molar-refractivity contribution in [2.75, 3.05) is 20.3 Å². The topological polar surface area (TPSA) is 49.8 Å². The summed E-state index contributed by atoms with van der Waals surface area (Å²) in [5, 5.41) is 0. The fraction of sp³-hybridized carbons (Fsp3) is 0.593. The second kappa shape index (κ2) is 16.8. The van der Waals surface area contributed by atoms with E-state index in [0.717, 1.165) is 5.56 Å². The molecule has 1 heterocycles. The van der Waals surface area contributed by atoms with Crippen LogP contribution in [0.4, 0.5) is 0 Å². The first-order chi connectivity index (χ1) is 14.9. The largest absolute Gasteiger partial charge is 0.382 e. The molecule has 5 nitrogen and oxygen atoms in total. The van der Waals surface area contributed by atoms with E-state index >= 15 is 0 Å². The number of hydrogen-bond acceptors (Lipinski definition) is 5. The van der Waals surface area contributed by atoms with Crippen molar-refractivity contribution in [3.8, 4) is 0 Å². The van der Waals surface area contributed by atoms with E-state index in [4.69, 9.17) is 18.9 Å². The van der Waals surface area contributed by atoms with Crippen LogP contribution < -0.4 is 0 Å². The highest BCUT2D eigenvalue weighted by Crippen LogP contribution is 2.11. The van der Waals surface area contributed by atoms with Crippen molar-refractivity contribution in [1.82, 2.24) is 4.98 Å². The van der Waals surface area contributed by atoms with E-state index in [0.29, 0.717) is 32.5 Å². The summed E-state index contributed by atoms with van der Waals surface area (Å²) in [7, 11) is 1.67. The summed E-state index contributed by atoms with van der Waals surface area (Å²) in [6.45, 7) is 19.1. The molecule has 1 aromatic heterocycles. The molecule has 2 rings (SSSR count). The highest BCUT2D eigenvalue weighted by molar-refractivity contribution is 5.13. The van der Waals surface area contributed by atoms with Crippen LogP contribution in [0.25, 0.3) is 0 Å². The summed E-state index contributed by atoms with van der Waals surface area (Å²) in [6, 6.07) is 14.2. The molecule has 0 atom stereocenters. The van der Waals surface area contributed by atoms with E-state index in [1.165, 1.54) is 5.56 Å². The van der Waals surface area contributed by atoms with Gasteiger partial charge in [-0.15, -0.1) is 0 Å². The van der Waals surface area contributed by atoms with Gasteiger partial charge >= 0.3 is 0 Å². The van der Waals surface area contributed by atoms with Crippen LogP contribution in [0.3, 0.4) is 0 Å². The Hall–Kier alpha value is -1.79. The van der Waals surface area contributed by atoms with Crippen molar-refractivity contribution < 1.29 is 18.9 Å². The molecule has 0 bridgehead atoms. The fourth-order valence-corrected chi connectivity index (χ4v) is 2.02. The lowest BCUT2D eigenvalue weighted by molar-refractivity contribution is -0.0153.